The zero-order valence-corrected chi connectivity index (χ0v) is 21.4. The highest BCUT2D eigenvalue weighted by atomic mass is 16.7. The zero-order valence-electron chi connectivity index (χ0n) is 21.4. The van der Waals surface area contributed by atoms with Gasteiger partial charge in [0.25, 0.3) is 11.8 Å². The van der Waals surface area contributed by atoms with Gasteiger partial charge in [-0.3, -0.25) is 24.6 Å². The Hall–Kier alpha value is -4.96. The Kier molecular flexibility index (Phi) is 5.39. The van der Waals surface area contributed by atoms with Gasteiger partial charge in [0.1, 0.15) is 11.6 Å². The van der Waals surface area contributed by atoms with Crippen LogP contribution in [0.5, 0.6) is 5.75 Å². The molecule has 2 aromatic rings. The summed E-state index contributed by atoms with van der Waals surface area (Å²) in [5.74, 6) is 2.28. The SMILES string of the molecule is COc1ccc2c(c1)C(=O)N(C[C@@]1(C#Cc3ccc(N4C(=O)CCC45C(=O)OC5(C)O)nc3)NC(=O)NC1=O)C2. The molecule has 4 aliphatic rings. The monoisotopic (exact) mass is 545 g/mol. The number of fused-ring (bicyclic) bond motifs is 1. The van der Waals surface area contributed by atoms with Crippen molar-refractivity contribution in [1.82, 2.24) is 20.5 Å². The van der Waals surface area contributed by atoms with Gasteiger partial charge in [-0.05, 0) is 36.2 Å². The number of aromatic nitrogens is 1. The fraction of sp³-hybridized carbons (Fsp3) is 0.333. The molecule has 5 heterocycles. The van der Waals surface area contributed by atoms with Gasteiger partial charge in [0, 0.05) is 37.2 Å². The number of hydrogen-bond donors (Lipinski definition) is 3. The normalized spacial score (nSPS) is 28.5. The lowest BCUT2D eigenvalue weighted by molar-refractivity contribution is -0.285. The molecule has 0 bridgehead atoms. The molecule has 6 rings (SSSR count). The number of carbonyl (C=O) groups is 5. The number of aliphatic hydroxyl groups is 1. The van der Waals surface area contributed by atoms with Crippen LogP contribution in [0.2, 0.25) is 0 Å². The van der Waals surface area contributed by atoms with Gasteiger partial charge in [0.15, 0.2) is 0 Å². The van der Waals surface area contributed by atoms with E-state index in [1.807, 2.05) is 0 Å². The number of ether oxygens (including phenoxy) is 2. The van der Waals surface area contributed by atoms with Crippen molar-refractivity contribution in [3.63, 3.8) is 0 Å². The second-order valence-corrected chi connectivity index (χ2v) is 10.1. The molecule has 1 spiro atoms. The Balaban J connectivity index is 1.27. The largest absolute Gasteiger partial charge is 0.497 e. The summed E-state index contributed by atoms with van der Waals surface area (Å²) in [7, 11) is 1.50. The van der Waals surface area contributed by atoms with Crippen LogP contribution >= 0.6 is 0 Å². The first-order chi connectivity index (χ1) is 19.0. The third-order valence-corrected chi connectivity index (χ3v) is 7.69. The lowest BCUT2D eigenvalue weighted by atomic mass is 9.81. The third kappa shape index (κ3) is 3.53. The number of nitrogens with zero attached hydrogens (tertiary/aromatic N) is 3. The number of hydrogen-bond acceptors (Lipinski definition) is 9. The van der Waals surface area contributed by atoms with Crippen LogP contribution in [0.3, 0.4) is 0 Å². The summed E-state index contributed by atoms with van der Waals surface area (Å²) in [5.41, 5.74) is -1.75. The van der Waals surface area contributed by atoms with Crippen molar-refractivity contribution >= 4 is 35.5 Å². The van der Waals surface area contributed by atoms with Gasteiger partial charge < -0.3 is 24.8 Å². The molecule has 1 aromatic heterocycles. The van der Waals surface area contributed by atoms with Crippen molar-refractivity contribution in [3.8, 4) is 17.6 Å². The summed E-state index contributed by atoms with van der Waals surface area (Å²) >= 11 is 0. The predicted octanol–water partition coefficient (Wildman–Crippen LogP) is -0.193. The Morgan fingerprint density at radius 3 is 2.60 bits per heavy atom. The Labute approximate surface area is 227 Å². The summed E-state index contributed by atoms with van der Waals surface area (Å²) in [4.78, 5) is 69.9. The van der Waals surface area contributed by atoms with Crippen molar-refractivity contribution in [2.45, 2.75) is 43.2 Å². The number of anilines is 1. The van der Waals surface area contributed by atoms with E-state index in [2.05, 4.69) is 27.5 Å². The molecule has 13 nitrogen and oxygen atoms in total. The molecule has 3 saturated heterocycles. The first-order valence-electron chi connectivity index (χ1n) is 12.4. The van der Waals surface area contributed by atoms with Gasteiger partial charge >= 0.3 is 12.0 Å². The second-order valence-electron chi connectivity index (χ2n) is 10.1. The number of methoxy groups -OCH3 is 1. The number of urea groups is 1. The van der Waals surface area contributed by atoms with Crippen LogP contribution in [0.15, 0.2) is 36.5 Å². The highest BCUT2D eigenvalue weighted by Crippen LogP contribution is 2.49. The highest BCUT2D eigenvalue weighted by Gasteiger charge is 2.73. The Morgan fingerprint density at radius 1 is 1.18 bits per heavy atom. The molecule has 4 aliphatic heterocycles. The van der Waals surface area contributed by atoms with E-state index in [1.165, 1.54) is 37.3 Å². The van der Waals surface area contributed by atoms with E-state index in [4.69, 9.17) is 9.47 Å². The topological polar surface area (TPSA) is 167 Å². The maximum absolute atomic E-state index is 13.1. The number of nitrogens with one attached hydrogen (secondary N) is 2. The summed E-state index contributed by atoms with van der Waals surface area (Å²) < 4.78 is 10.1. The number of pyridine rings is 1. The fourth-order valence-corrected chi connectivity index (χ4v) is 5.56. The number of rotatable bonds is 4. The van der Waals surface area contributed by atoms with E-state index >= 15 is 0 Å². The molecule has 0 saturated carbocycles. The Bertz CT molecular complexity index is 1580. The first kappa shape index (κ1) is 25.3. The van der Waals surface area contributed by atoms with Crippen LogP contribution in [-0.4, -0.2) is 75.2 Å². The predicted molar refractivity (Wildman–Crippen MR) is 134 cm³/mol. The number of cyclic esters (lactones) is 1. The van der Waals surface area contributed by atoms with Crippen molar-refractivity contribution in [1.29, 1.82) is 0 Å². The molecule has 13 heteroatoms. The van der Waals surface area contributed by atoms with Crippen LogP contribution in [0.25, 0.3) is 0 Å². The van der Waals surface area contributed by atoms with E-state index in [9.17, 15) is 29.1 Å². The van der Waals surface area contributed by atoms with Crippen molar-refractivity contribution in [2.75, 3.05) is 18.6 Å². The molecule has 0 radical (unpaired) electrons. The lowest BCUT2D eigenvalue weighted by Crippen LogP contribution is -2.77. The molecule has 0 aliphatic carbocycles. The van der Waals surface area contributed by atoms with E-state index in [0.29, 0.717) is 16.9 Å². The summed E-state index contributed by atoms with van der Waals surface area (Å²) in [6.07, 6.45) is 1.47. The number of carbonyl (C=O) groups excluding carboxylic acids is 5. The molecule has 40 heavy (non-hydrogen) atoms. The number of esters is 1. The minimum atomic E-state index is -1.85. The van der Waals surface area contributed by atoms with E-state index < -0.39 is 34.8 Å². The molecular formula is C27H23N5O8. The van der Waals surface area contributed by atoms with E-state index in [-0.39, 0.29) is 43.6 Å². The van der Waals surface area contributed by atoms with Crippen LogP contribution < -0.4 is 20.3 Å². The minimum Gasteiger partial charge on any atom is -0.497 e. The molecule has 3 fully saturated rings. The third-order valence-electron chi connectivity index (χ3n) is 7.69. The van der Waals surface area contributed by atoms with E-state index in [0.717, 1.165) is 10.5 Å². The molecule has 5 amide bonds. The van der Waals surface area contributed by atoms with Crippen LogP contribution in [-0.2, 0) is 25.7 Å². The van der Waals surface area contributed by atoms with E-state index in [1.54, 1.807) is 18.2 Å². The molecular weight excluding hydrogens is 522 g/mol. The van der Waals surface area contributed by atoms with Gasteiger partial charge in [0.2, 0.25) is 22.8 Å². The molecule has 1 aromatic carbocycles. The van der Waals surface area contributed by atoms with Crippen LogP contribution in [0.4, 0.5) is 10.6 Å². The number of benzene rings is 1. The lowest BCUT2D eigenvalue weighted by Gasteiger charge is -2.52. The average Bonchev–Trinajstić information content (AvgIpc) is 3.54. The van der Waals surface area contributed by atoms with Crippen LogP contribution in [0, 0.1) is 11.8 Å². The van der Waals surface area contributed by atoms with Crippen molar-refractivity contribution in [2.24, 2.45) is 0 Å². The molecule has 204 valence electrons. The highest BCUT2D eigenvalue weighted by molar-refractivity contribution is 6.10. The average molecular weight is 546 g/mol. The van der Waals surface area contributed by atoms with Crippen LogP contribution in [0.1, 0.15) is 41.3 Å². The van der Waals surface area contributed by atoms with Crippen molar-refractivity contribution < 1.29 is 38.6 Å². The smallest absolute Gasteiger partial charge is 0.342 e. The minimum absolute atomic E-state index is 0.0394. The van der Waals surface area contributed by atoms with Crippen molar-refractivity contribution in [3.05, 3.63) is 53.2 Å². The number of amides is 5. The fourth-order valence-electron chi connectivity index (χ4n) is 5.56. The first-order valence-corrected chi connectivity index (χ1v) is 12.4. The maximum atomic E-state index is 13.1. The molecule has 3 N–H and O–H groups in total. The van der Waals surface area contributed by atoms with Gasteiger partial charge in [-0.25, -0.2) is 14.6 Å². The van der Waals surface area contributed by atoms with Gasteiger partial charge in [-0.1, -0.05) is 17.9 Å². The zero-order chi connectivity index (χ0) is 28.4. The molecule has 3 atom stereocenters. The van der Waals surface area contributed by atoms with Gasteiger partial charge in [-0.15, -0.1) is 0 Å². The summed E-state index contributed by atoms with van der Waals surface area (Å²) in [6, 6.07) is 7.37. The van der Waals surface area contributed by atoms with Gasteiger partial charge in [-0.2, -0.15) is 0 Å². The maximum Gasteiger partial charge on any atom is 0.342 e. The molecule has 2 unspecified atom stereocenters. The standard InChI is InChI=1S/C27H23N5O8/c1-25(38)27(23(36)40-25)10-8-20(33)32(27)19-6-3-15(12-28-19)7-9-26(22(35)29-24(37)30-26)14-31-13-16-4-5-17(39-2)11-18(16)21(31)34/h3-6,11-12,38H,8,10,13-14H2,1-2H3,(H2,29,30,35,37)/t25?,26-,27?/m1/s1. The second kappa shape index (κ2) is 8.52. The summed E-state index contributed by atoms with van der Waals surface area (Å²) in [5, 5.41) is 15.3. The Morgan fingerprint density at radius 2 is 1.98 bits per heavy atom. The quantitative estimate of drug-likeness (QED) is 0.268. The van der Waals surface area contributed by atoms with Gasteiger partial charge in [0.05, 0.1) is 13.7 Å². The summed E-state index contributed by atoms with van der Waals surface area (Å²) in [6.45, 7) is 1.33. The number of imide groups is 1.